The predicted octanol–water partition coefficient (Wildman–Crippen LogP) is 12.5. The number of nitrogens with zero attached hydrogens (tertiary/aromatic N) is 3. The number of para-hydroxylation sites is 5. The summed E-state index contributed by atoms with van der Waals surface area (Å²) in [6.07, 6.45) is 1.83. The van der Waals surface area contributed by atoms with Crippen molar-refractivity contribution in [1.82, 2.24) is 14.1 Å². The topological polar surface area (TPSA) is 35.9 Å². The number of rotatable bonds is 4. The number of hydrogen-bond donors (Lipinski definition) is 0. The zero-order chi connectivity index (χ0) is 33.5. The summed E-state index contributed by atoms with van der Waals surface area (Å²) >= 11 is 0. The maximum absolute atomic E-state index is 6.61. The van der Waals surface area contributed by atoms with Crippen molar-refractivity contribution in [2.75, 3.05) is 0 Å². The molecule has 4 heterocycles. The van der Waals surface area contributed by atoms with E-state index in [-0.39, 0.29) is 0 Å². The van der Waals surface area contributed by atoms with Crippen molar-refractivity contribution in [3.8, 4) is 33.6 Å². The minimum Gasteiger partial charge on any atom is -0.454 e. The monoisotopic (exact) mass is 651 g/mol. The third kappa shape index (κ3) is 4.11. The zero-order valence-corrected chi connectivity index (χ0v) is 27.5. The zero-order valence-electron chi connectivity index (χ0n) is 27.5. The summed E-state index contributed by atoms with van der Waals surface area (Å²) in [7, 11) is 0. The van der Waals surface area contributed by atoms with Crippen molar-refractivity contribution in [1.29, 1.82) is 0 Å². The highest BCUT2D eigenvalue weighted by Crippen LogP contribution is 2.45. The lowest BCUT2D eigenvalue weighted by Gasteiger charge is -2.14. The maximum Gasteiger partial charge on any atom is 0.153 e. The lowest BCUT2D eigenvalue weighted by Crippen LogP contribution is -1.95. The Labute approximate surface area is 293 Å². The van der Waals surface area contributed by atoms with Gasteiger partial charge < -0.3 is 13.6 Å². The fourth-order valence-electron chi connectivity index (χ4n) is 8.16. The van der Waals surface area contributed by atoms with Gasteiger partial charge in [0.25, 0.3) is 0 Å². The Morgan fingerprint density at radius 1 is 0.392 bits per heavy atom. The SMILES string of the molecule is c1ccc(-n2c3ccccc3c3cc(-c4cc5c(cc4-c4cccc6c4oc4cccnc46)c4ccccc4n5-c4ccccc4)ccc32)cc1. The van der Waals surface area contributed by atoms with E-state index in [1.807, 2.05) is 18.3 Å². The Bertz CT molecular complexity index is 3130. The van der Waals surface area contributed by atoms with Crippen molar-refractivity contribution in [2.45, 2.75) is 0 Å². The summed E-state index contributed by atoms with van der Waals surface area (Å²) in [5.74, 6) is 0. The summed E-state index contributed by atoms with van der Waals surface area (Å²) in [5.41, 5.74) is 14.0. The van der Waals surface area contributed by atoms with Crippen molar-refractivity contribution in [3.63, 3.8) is 0 Å². The van der Waals surface area contributed by atoms with Gasteiger partial charge in [0.05, 0.1) is 22.1 Å². The van der Waals surface area contributed by atoms with Gasteiger partial charge in [-0.1, -0.05) is 91.0 Å². The van der Waals surface area contributed by atoms with Crippen LogP contribution in [-0.4, -0.2) is 14.1 Å². The van der Waals surface area contributed by atoms with Crippen LogP contribution in [0.2, 0.25) is 0 Å². The van der Waals surface area contributed by atoms with E-state index in [0.29, 0.717) is 0 Å². The lowest BCUT2D eigenvalue weighted by atomic mass is 9.91. The highest BCUT2D eigenvalue weighted by Gasteiger charge is 2.21. The summed E-state index contributed by atoms with van der Waals surface area (Å²) < 4.78 is 11.4. The van der Waals surface area contributed by atoms with Gasteiger partial charge in [-0.3, -0.25) is 4.98 Å². The summed E-state index contributed by atoms with van der Waals surface area (Å²) in [4.78, 5) is 4.70. The molecule has 0 N–H and O–H groups in total. The van der Waals surface area contributed by atoms with Gasteiger partial charge >= 0.3 is 0 Å². The first-order valence-electron chi connectivity index (χ1n) is 17.3. The molecule has 0 amide bonds. The molecule has 4 nitrogen and oxygen atoms in total. The van der Waals surface area contributed by atoms with Gasteiger partial charge in [0, 0.05) is 50.1 Å². The number of aromatic nitrogens is 3. The Morgan fingerprint density at radius 2 is 1.00 bits per heavy atom. The van der Waals surface area contributed by atoms with E-state index in [4.69, 9.17) is 9.40 Å². The van der Waals surface area contributed by atoms with E-state index < -0.39 is 0 Å². The van der Waals surface area contributed by atoms with E-state index in [2.05, 4.69) is 167 Å². The van der Waals surface area contributed by atoms with Gasteiger partial charge in [0.2, 0.25) is 0 Å². The second-order valence-electron chi connectivity index (χ2n) is 13.2. The van der Waals surface area contributed by atoms with E-state index in [0.717, 1.165) is 61.2 Å². The Kier molecular flexibility index (Phi) is 5.92. The molecule has 0 spiro atoms. The molecule has 4 aromatic heterocycles. The molecule has 11 rings (SSSR count). The van der Waals surface area contributed by atoms with Gasteiger partial charge in [-0.15, -0.1) is 0 Å². The third-order valence-corrected chi connectivity index (χ3v) is 10.4. The maximum atomic E-state index is 6.61. The molecule has 0 aliphatic carbocycles. The van der Waals surface area contributed by atoms with Crippen LogP contribution in [0.25, 0.3) is 99.3 Å². The second kappa shape index (κ2) is 10.8. The van der Waals surface area contributed by atoms with E-state index in [1.54, 1.807) is 0 Å². The van der Waals surface area contributed by atoms with Gasteiger partial charge in [-0.2, -0.15) is 0 Å². The fourth-order valence-corrected chi connectivity index (χ4v) is 8.16. The average molecular weight is 652 g/mol. The molecule has 0 atom stereocenters. The van der Waals surface area contributed by atoms with Crippen LogP contribution < -0.4 is 0 Å². The summed E-state index contributed by atoms with van der Waals surface area (Å²) in [6, 6.07) is 60.8. The Hall–Kier alpha value is -6.91. The van der Waals surface area contributed by atoms with Crippen LogP contribution in [0.5, 0.6) is 0 Å². The molecule has 0 unspecified atom stereocenters. The second-order valence-corrected chi connectivity index (χ2v) is 13.2. The Balaban J connectivity index is 1.27. The van der Waals surface area contributed by atoms with Gasteiger partial charge in [0.15, 0.2) is 5.58 Å². The first-order valence-corrected chi connectivity index (χ1v) is 17.3. The average Bonchev–Trinajstić information content (AvgIpc) is 3.85. The molecule has 0 saturated heterocycles. The smallest absolute Gasteiger partial charge is 0.153 e. The first-order chi connectivity index (χ1) is 25.3. The van der Waals surface area contributed by atoms with Gasteiger partial charge in [-0.05, 0) is 95.6 Å². The molecule has 0 aliphatic rings. The predicted molar refractivity (Wildman–Crippen MR) is 211 cm³/mol. The molecule has 4 heteroatoms. The number of fused-ring (bicyclic) bond motifs is 9. The van der Waals surface area contributed by atoms with Gasteiger partial charge in [0.1, 0.15) is 11.1 Å². The highest BCUT2D eigenvalue weighted by molar-refractivity contribution is 6.16. The number of pyridine rings is 1. The van der Waals surface area contributed by atoms with Crippen molar-refractivity contribution in [2.24, 2.45) is 0 Å². The molecular formula is C47H29N3O. The molecule has 0 bridgehead atoms. The number of benzene rings is 7. The quantitative estimate of drug-likeness (QED) is 0.190. The molecule has 51 heavy (non-hydrogen) atoms. The van der Waals surface area contributed by atoms with Crippen LogP contribution in [0.3, 0.4) is 0 Å². The lowest BCUT2D eigenvalue weighted by molar-refractivity contribution is 0.669. The normalized spacial score (nSPS) is 11.9. The van der Waals surface area contributed by atoms with Crippen molar-refractivity contribution >= 4 is 65.7 Å². The largest absolute Gasteiger partial charge is 0.454 e. The molecule has 11 aromatic rings. The summed E-state index contributed by atoms with van der Waals surface area (Å²) in [5, 5.41) is 5.87. The Morgan fingerprint density at radius 3 is 1.73 bits per heavy atom. The van der Waals surface area contributed by atoms with Crippen LogP contribution in [0.1, 0.15) is 0 Å². The van der Waals surface area contributed by atoms with Crippen molar-refractivity contribution < 1.29 is 4.42 Å². The van der Waals surface area contributed by atoms with E-state index in [1.165, 1.54) is 38.1 Å². The summed E-state index contributed by atoms with van der Waals surface area (Å²) in [6.45, 7) is 0. The molecule has 238 valence electrons. The third-order valence-electron chi connectivity index (χ3n) is 10.4. The van der Waals surface area contributed by atoms with Crippen LogP contribution in [0.4, 0.5) is 0 Å². The highest BCUT2D eigenvalue weighted by atomic mass is 16.3. The number of furan rings is 1. The number of hydrogen-bond acceptors (Lipinski definition) is 2. The first kappa shape index (κ1) is 28.0. The fraction of sp³-hybridized carbons (Fsp3) is 0. The van der Waals surface area contributed by atoms with Crippen LogP contribution in [0.15, 0.2) is 180 Å². The van der Waals surface area contributed by atoms with Crippen LogP contribution >= 0.6 is 0 Å². The van der Waals surface area contributed by atoms with Crippen molar-refractivity contribution in [3.05, 3.63) is 176 Å². The molecule has 0 fully saturated rings. The molecule has 7 aromatic carbocycles. The minimum absolute atomic E-state index is 0.790. The van der Waals surface area contributed by atoms with Crippen LogP contribution in [-0.2, 0) is 0 Å². The van der Waals surface area contributed by atoms with E-state index in [9.17, 15) is 0 Å². The minimum atomic E-state index is 0.790. The van der Waals surface area contributed by atoms with E-state index >= 15 is 0 Å². The molecule has 0 saturated carbocycles. The van der Waals surface area contributed by atoms with Crippen LogP contribution in [0, 0.1) is 0 Å². The van der Waals surface area contributed by atoms with Gasteiger partial charge in [-0.25, -0.2) is 0 Å². The standard InChI is InChI=1S/C47H29N3O/c1-3-13-31(14-4-1)49-41-21-9-7-17-33(41)39-27-30(24-25-43(39)49)37-29-44-40(34-18-8-10-22-42(34)50(44)32-15-5-2-6-16-32)28-38(37)35-19-11-20-36-46-45(51-47(35)36)23-12-26-48-46/h1-29H. The molecule has 0 radical (unpaired) electrons. The molecular weight excluding hydrogens is 623 g/mol. The molecule has 0 aliphatic heterocycles.